The van der Waals surface area contributed by atoms with Crippen molar-refractivity contribution >= 4 is 17.6 Å². The van der Waals surface area contributed by atoms with Crippen LogP contribution in [0.4, 0.5) is 10.5 Å². The van der Waals surface area contributed by atoms with Gasteiger partial charge in [-0.1, -0.05) is 19.1 Å². The minimum absolute atomic E-state index is 0.0256. The molecule has 1 unspecified atom stereocenters. The Morgan fingerprint density at radius 2 is 2.14 bits per heavy atom. The Morgan fingerprint density at radius 3 is 2.82 bits per heavy atom. The number of nitrogens with one attached hydrogen (secondary N) is 2. The average Bonchev–Trinajstić information content (AvgIpc) is 3.28. The van der Waals surface area contributed by atoms with Crippen LogP contribution in [0, 0.1) is 5.41 Å². The Balaban J connectivity index is 1.64. The summed E-state index contributed by atoms with van der Waals surface area (Å²) in [4.78, 5) is 26.4. The highest BCUT2D eigenvalue weighted by atomic mass is 16.2. The second-order valence-electron chi connectivity index (χ2n) is 7.83. The topological polar surface area (TPSA) is 92.2 Å². The Kier molecular flexibility index (Phi) is 5.67. The normalized spacial score (nSPS) is 20.1. The SMILES string of the molecule is CNC(=O)C1(C)CCN(C(=O)Nc2cccc([C@H](C)Cc3nncn3C)c2)C1. The summed E-state index contributed by atoms with van der Waals surface area (Å²) in [7, 11) is 3.56. The van der Waals surface area contributed by atoms with E-state index in [4.69, 9.17) is 0 Å². The molecule has 0 spiro atoms. The number of hydrogen-bond donors (Lipinski definition) is 2. The molecule has 1 aliphatic rings. The second kappa shape index (κ2) is 8.00. The Bertz CT molecular complexity index is 864. The van der Waals surface area contributed by atoms with Crippen LogP contribution < -0.4 is 10.6 Å². The van der Waals surface area contributed by atoms with E-state index in [2.05, 4.69) is 33.8 Å². The Morgan fingerprint density at radius 1 is 1.36 bits per heavy atom. The molecule has 150 valence electrons. The molecule has 1 aromatic heterocycles. The summed E-state index contributed by atoms with van der Waals surface area (Å²) in [6.07, 6.45) is 3.13. The summed E-state index contributed by atoms with van der Waals surface area (Å²) in [6.45, 7) is 5.01. The third-order valence-corrected chi connectivity index (χ3v) is 5.54. The monoisotopic (exact) mass is 384 g/mol. The molecule has 1 aliphatic heterocycles. The van der Waals surface area contributed by atoms with Gasteiger partial charge in [0.25, 0.3) is 0 Å². The van der Waals surface area contributed by atoms with Gasteiger partial charge >= 0.3 is 6.03 Å². The van der Waals surface area contributed by atoms with E-state index >= 15 is 0 Å². The van der Waals surface area contributed by atoms with E-state index in [9.17, 15) is 9.59 Å². The van der Waals surface area contributed by atoms with Gasteiger partial charge < -0.3 is 20.1 Å². The van der Waals surface area contributed by atoms with Crippen molar-refractivity contribution in [3.8, 4) is 0 Å². The predicted molar refractivity (Wildman–Crippen MR) is 107 cm³/mol. The van der Waals surface area contributed by atoms with E-state index in [-0.39, 0.29) is 17.9 Å². The largest absolute Gasteiger partial charge is 0.359 e. The number of benzene rings is 1. The lowest BCUT2D eigenvalue weighted by Gasteiger charge is -2.23. The van der Waals surface area contributed by atoms with Crippen LogP contribution in [0.15, 0.2) is 30.6 Å². The molecule has 0 bridgehead atoms. The zero-order valence-corrected chi connectivity index (χ0v) is 16.9. The molecule has 2 N–H and O–H groups in total. The molecule has 1 fully saturated rings. The number of urea groups is 1. The van der Waals surface area contributed by atoms with Crippen LogP contribution in [-0.4, -0.2) is 51.7 Å². The fourth-order valence-corrected chi connectivity index (χ4v) is 3.63. The fraction of sp³-hybridized carbons (Fsp3) is 0.500. The van der Waals surface area contributed by atoms with Crippen LogP contribution in [0.3, 0.4) is 0 Å². The minimum Gasteiger partial charge on any atom is -0.359 e. The highest BCUT2D eigenvalue weighted by Gasteiger charge is 2.41. The number of carbonyl (C=O) groups is 2. The summed E-state index contributed by atoms with van der Waals surface area (Å²) < 4.78 is 1.92. The smallest absolute Gasteiger partial charge is 0.321 e. The number of likely N-dealkylation sites (tertiary alicyclic amines) is 1. The maximum Gasteiger partial charge on any atom is 0.321 e. The van der Waals surface area contributed by atoms with E-state index in [1.807, 2.05) is 36.7 Å². The van der Waals surface area contributed by atoms with E-state index in [0.717, 1.165) is 23.5 Å². The van der Waals surface area contributed by atoms with Gasteiger partial charge in [0.15, 0.2) is 0 Å². The molecule has 1 aromatic carbocycles. The van der Waals surface area contributed by atoms with Gasteiger partial charge in [-0.15, -0.1) is 10.2 Å². The van der Waals surface area contributed by atoms with Crippen molar-refractivity contribution in [1.82, 2.24) is 25.0 Å². The first-order chi connectivity index (χ1) is 13.3. The van der Waals surface area contributed by atoms with Crippen molar-refractivity contribution in [1.29, 1.82) is 0 Å². The van der Waals surface area contributed by atoms with Crippen molar-refractivity contribution in [3.05, 3.63) is 42.0 Å². The number of amides is 3. The average molecular weight is 384 g/mol. The maximum atomic E-state index is 12.7. The molecule has 3 rings (SSSR count). The van der Waals surface area contributed by atoms with Crippen LogP contribution >= 0.6 is 0 Å². The van der Waals surface area contributed by atoms with Crippen molar-refractivity contribution in [2.45, 2.75) is 32.6 Å². The maximum absolute atomic E-state index is 12.7. The molecule has 0 radical (unpaired) electrons. The summed E-state index contributed by atoms with van der Waals surface area (Å²) >= 11 is 0. The zero-order chi connectivity index (χ0) is 20.3. The van der Waals surface area contributed by atoms with Crippen LogP contribution in [0.25, 0.3) is 0 Å². The van der Waals surface area contributed by atoms with Crippen LogP contribution in [-0.2, 0) is 18.3 Å². The number of anilines is 1. The molecule has 8 nitrogen and oxygen atoms in total. The standard InChI is InChI=1S/C20H28N6O2/c1-14(10-17-24-22-13-25(17)4)15-6-5-7-16(11-15)23-19(28)26-9-8-20(2,12-26)18(27)21-3/h5-7,11,13-14H,8-10,12H2,1-4H3,(H,21,27)(H,23,28)/t14-,20?/m1/s1. The fourth-order valence-electron chi connectivity index (χ4n) is 3.63. The van der Waals surface area contributed by atoms with Crippen molar-refractivity contribution < 1.29 is 9.59 Å². The van der Waals surface area contributed by atoms with Gasteiger partial charge in [-0.05, 0) is 37.0 Å². The highest BCUT2D eigenvalue weighted by Crippen LogP contribution is 2.30. The number of carbonyl (C=O) groups excluding carboxylic acids is 2. The quantitative estimate of drug-likeness (QED) is 0.826. The van der Waals surface area contributed by atoms with Crippen molar-refractivity contribution in [2.24, 2.45) is 12.5 Å². The predicted octanol–water partition coefficient (Wildman–Crippen LogP) is 2.15. The first-order valence-corrected chi connectivity index (χ1v) is 9.53. The lowest BCUT2D eigenvalue weighted by Crippen LogP contribution is -2.41. The Hall–Kier alpha value is -2.90. The molecular weight excluding hydrogens is 356 g/mol. The van der Waals surface area contributed by atoms with Gasteiger partial charge in [-0.2, -0.15) is 0 Å². The van der Waals surface area contributed by atoms with E-state index in [1.54, 1.807) is 18.3 Å². The molecule has 2 heterocycles. The number of rotatable bonds is 5. The molecule has 3 amide bonds. The van der Waals surface area contributed by atoms with Gasteiger partial charge in [-0.3, -0.25) is 4.79 Å². The summed E-state index contributed by atoms with van der Waals surface area (Å²) in [5, 5.41) is 13.7. The molecule has 2 atom stereocenters. The van der Waals surface area contributed by atoms with Crippen molar-refractivity contribution in [3.63, 3.8) is 0 Å². The Labute approximate surface area is 165 Å². The van der Waals surface area contributed by atoms with Crippen molar-refractivity contribution in [2.75, 3.05) is 25.5 Å². The van der Waals surface area contributed by atoms with E-state index in [1.165, 1.54) is 0 Å². The summed E-state index contributed by atoms with van der Waals surface area (Å²) in [5.74, 6) is 1.14. The van der Waals surface area contributed by atoms with Gasteiger partial charge in [0.05, 0.1) is 5.41 Å². The van der Waals surface area contributed by atoms with Gasteiger partial charge in [-0.25, -0.2) is 4.79 Å². The van der Waals surface area contributed by atoms with Gasteiger partial charge in [0.1, 0.15) is 12.2 Å². The third-order valence-electron chi connectivity index (χ3n) is 5.54. The number of aromatic nitrogens is 3. The molecule has 8 heteroatoms. The van der Waals surface area contributed by atoms with Crippen LogP contribution in [0.2, 0.25) is 0 Å². The number of aryl methyl sites for hydroxylation is 1. The third kappa shape index (κ3) is 4.16. The molecule has 0 saturated carbocycles. The molecule has 28 heavy (non-hydrogen) atoms. The van der Waals surface area contributed by atoms with Crippen LogP contribution in [0.1, 0.15) is 37.6 Å². The van der Waals surface area contributed by atoms with Crippen LogP contribution in [0.5, 0.6) is 0 Å². The van der Waals surface area contributed by atoms with E-state index in [0.29, 0.717) is 19.5 Å². The second-order valence-corrected chi connectivity index (χ2v) is 7.83. The number of nitrogens with zero attached hydrogens (tertiary/aromatic N) is 4. The van der Waals surface area contributed by atoms with E-state index < -0.39 is 5.41 Å². The zero-order valence-electron chi connectivity index (χ0n) is 16.9. The highest BCUT2D eigenvalue weighted by molar-refractivity contribution is 5.91. The molecule has 1 saturated heterocycles. The summed E-state index contributed by atoms with van der Waals surface area (Å²) in [6, 6.07) is 7.69. The lowest BCUT2D eigenvalue weighted by atomic mass is 9.89. The molecule has 2 aromatic rings. The minimum atomic E-state index is -0.529. The lowest BCUT2D eigenvalue weighted by molar-refractivity contribution is -0.128. The molecule has 0 aliphatic carbocycles. The number of hydrogen-bond acceptors (Lipinski definition) is 4. The van der Waals surface area contributed by atoms with Gasteiger partial charge in [0.2, 0.25) is 5.91 Å². The molecular formula is C20H28N6O2. The van der Waals surface area contributed by atoms with Gasteiger partial charge in [0, 0.05) is 39.3 Å². The summed E-state index contributed by atoms with van der Waals surface area (Å²) in [5.41, 5.74) is 1.34. The first-order valence-electron chi connectivity index (χ1n) is 9.53. The first kappa shape index (κ1) is 19.9.